The number of primary amides is 1. The van der Waals surface area contributed by atoms with Gasteiger partial charge in [0.2, 0.25) is 5.91 Å². The minimum Gasteiger partial charge on any atom is -0.366 e. The fourth-order valence-electron chi connectivity index (χ4n) is 2.09. The van der Waals surface area contributed by atoms with E-state index in [9.17, 15) is 4.79 Å². The molecule has 3 N–H and O–H groups in total. The van der Waals surface area contributed by atoms with Gasteiger partial charge < -0.3 is 15.6 Å². The Balaban J connectivity index is 1.67. The first-order chi connectivity index (χ1) is 11.1. The van der Waals surface area contributed by atoms with Crippen LogP contribution >= 0.6 is 11.6 Å². The molecule has 116 valence electrons. The van der Waals surface area contributed by atoms with E-state index in [0.717, 1.165) is 11.3 Å². The van der Waals surface area contributed by atoms with Gasteiger partial charge in [0.25, 0.3) is 0 Å². The third kappa shape index (κ3) is 3.49. The van der Waals surface area contributed by atoms with Crippen LogP contribution in [-0.2, 0) is 6.54 Å². The third-order valence-electron chi connectivity index (χ3n) is 3.32. The SMILES string of the molecule is NC(=O)c1cnc(NCc2ccc(-n3ccnc3)cc2)c(Cl)c1. The molecule has 0 bridgehead atoms. The van der Waals surface area contributed by atoms with Gasteiger partial charge in [-0.2, -0.15) is 0 Å². The zero-order chi connectivity index (χ0) is 16.2. The number of anilines is 1. The first-order valence-corrected chi connectivity index (χ1v) is 7.28. The third-order valence-corrected chi connectivity index (χ3v) is 3.61. The zero-order valence-electron chi connectivity index (χ0n) is 12.1. The van der Waals surface area contributed by atoms with Crippen molar-refractivity contribution in [3.05, 3.63) is 71.4 Å². The maximum absolute atomic E-state index is 11.1. The van der Waals surface area contributed by atoms with Crippen molar-refractivity contribution in [2.45, 2.75) is 6.54 Å². The van der Waals surface area contributed by atoms with Crippen LogP contribution in [0.15, 0.2) is 55.2 Å². The molecule has 1 amide bonds. The second-order valence-corrected chi connectivity index (χ2v) is 5.32. The molecule has 3 aromatic rings. The number of benzene rings is 1. The Morgan fingerprint density at radius 2 is 2.09 bits per heavy atom. The minimum absolute atomic E-state index is 0.283. The second-order valence-electron chi connectivity index (χ2n) is 4.91. The summed E-state index contributed by atoms with van der Waals surface area (Å²) < 4.78 is 1.93. The van der Waals surface area contributed by atoms with Crippen LogP contribution in [0.25, 0.3) is 5.69 Å². The number of aromatic nitrogens is 3. The van der Waals surface area contributed by atoms with Gasteiger partial charge in [0, 0.05) is 30.8 Å². The van der Waals surface area contributed by atoms with E-state index in [0.29, 0.717) is 17.4 Å². The van der Waals surface area contributed by atoms with Crippen LogP contribution in [-0.4, -0.2) is 20.4 Å². The number of carbonyl (C=O) groups excluding carboxylic acids is 1. The molecule has 23 heavy (non-hydrogen) atoms. The number of imidazole rings is 1. The lowest BCUT2D eigenvalue weighted by Crippen LogP contribution is -2.12. The van der Waals surface area contributed by atoms with Crippen molar-refractivity contribution < 1.29 is 4.79 Å². The highest BCUT2D eigenvalue weighted by atomic mass is 35.5. The standard InChI is InChI=1S/C16H14ClN5O/c17-14-7-12(15(18)23)9-21-16(14)20-8-11-1-3-13(4-2-11)22-6-5-19-10-22/h1-7,9-10H,8H2,(H2,18,23)(H,20,21). The summed E-state index contributed by atoms with van der Waals surface area (Å²) in [4.78, 5) is 19.2. The number of amides is 1. The molecule has 0 aliphatic rings. The maximum atomic E-state index is 11.1. The van der Waals surface area contributed by atoms with Gasteiger partial charge >= 0.3 is 0 Å². The highest BCUT2D eigenvalue weighted by Crippen LogP contribution is 2.21. The van der Waals surface area contributed by atoms with Crippen LogP contribution in [0.4, 0.5) is 5.82 Å². The molecule has 6 nitrogen and oxygen atoms in total. The number of carbonyl (C=O) groups is 1. The fraction of sp³-hybridized carbons (Fsp3) is 0.0625. The Hall–Kier alpha value is -2.86. The zero-order valence-corrected chi connectivity index (χ0v) is 12.9. The lowest BCUT2D eigenvalue weighted by Gasteiger charge is -2.09. The van der Waals surface area contributed by atoms with Crippen LogP contribution in [0, 0.1) is 0 Å². The molecular formula is C16H14ClN5O. The maximum Gasteiger partial charge on any atom is 0.250 e. The number of rotatable bonds is 5. The summed E-state index contributed by atoms with van der Waals surface area (Å²) in [5.74, 6) is -0.0450. The number of hydrogen-bond acceptors (Lipinski definition) is 4. The summed E-state index contributed by atoms with van der Waals surface area (Å²) in [7, 11) is 0. The van der Waals surface area contributed by atoms with E-state index in [2.05, 4.69) is 15.3 Å². The molecule has 0 aliphatic carbocycles. The molecule has 0 saturated heterocycles. The van der Waals surface area contributed by atoms with Crippen LogP contribution in [0.2, 0.25) is 5.02 Å². The molecule has 0 atom stereocenters. The lowest BCUT2D eigenvalue weighted by molar-refractivity contribution is 0.1000. The molecule has 0 fully saturated rings. The summed E-state index contributed by atoms with van der Waals surface area (Å²) in [5, 5.41) is 3.49. The van der Waals surface area contributed by atoms with E-state index in [1.165, 1.54) is 12.3 Å². The van der Waals surface area contributed by atoms with Gasteiger partial charge in [-0.1, -0.05) is 23.7 Å². The van der Waals surface area contributed by atoms with Crippen molar-refractivity contribution in [2.75, 3.05) is 5.32 Å². The number of halogens is 1. The summed E-state index contributed by atoms with van der Waals surface area (Å²) in [6.45, 7) is 0.562. The van der Waals surface area contributed by atoms with E-state index >= 15 is 0 Å². The molecule has 0 spiro atoms. The van der Waals surface area contributed by atoms with E-state index in [-0.39, 0.29) is 5.56 Å². The van der Waals surface area contributed by atoms with Gasteiger partial charge in [-0.05, 0) is 23.8 Å². The molecular weight excluding hydrogens is 314 g/mol. The minimum atomic E-state index is -0.555. The molecule has 0 aliphatic heterocycles. The number of nitrogens with one attached hydrogen (secondary N) is 1. The second kappa shape index (κ2) is 6.50. The van der Waals surface area contributed by atoms with Gasteiger partial charge in [-0.25, -0.2) is 9.97 Å². The van der Waals surface area contributed by atoms with Crippen molar-refractivity contribution in [3.63, 3.8) is 0 Å². The average molecular weight is 328 g/mol. The first kappa shape index (κ1) is 15.1. The molecule has 2 heterocycles. The van der Waals surface area contributed by atoms with E-state index in [1.807, 2.05) is 35.0 Å². The van der Waals surface area contributed by atoms with Crippen LogP contribution in [0.5, 0.6) is 0 Å². The summed E-state index contributed by atoms with van der Waals surface area (Å²) in [5.41, 5.74) is 7.58. The van der Waals surface area contributed by atoms with Gasteiger partial charge in [-0.15, -0.1) is 0 Å². The molecule has 2 aromatic heterocycles. The highest BCUT2D eigenvalue weighted by molar-refractivity contribution is 6.33. The predicted octanol–water partition coefficient (Wildman–Crippen LogP) is 2.63. The summed E-state index contributed by atoms with van der Waals surface area (Å²) in [6.07, 6.45) is 6.77. The first-order valence-electron chi connectivity index (χ1n) is 6.90. The Morgan fingerprint density at radius 3 is 2.70 bits per heavy atom. The number of hydrogen-bond donors (Lipinski definition) is 2. The van der Waals surface area contributed by atoms with Crippen LogP contribution in [0.1, 0.15) is 15.9 Å². The van der Waals surface area contributed by atoms with Gasteiger partial charge in [0.1, 0.15) is 5.82 Å². The van der Waals surface area contributed by atoms with Crippen molar-refractivity contribution in [1.82, 2.24) is 14.5 Å². The van der Waals surface area contributed by atoms with Gasteiger partial charge in [0.15, 0.2) is 0 Å². The Labute approximate surface area is 137 Å². The molecule has 0 unspecified atom stereocenters. The van der Waals surface area contributed by atoms with Crippen LogP contribution in [0.3, 0.4) is 0 Å². The quantitative estimate of drug-likeness (QED) is 0.754. The lowest BCUT2D eigenvalue weighted by atomic mass is 10.2. The molecule has 0 saturated carbocycles. The van der Waals surface area contributed by atoms with Gasteiger partial charge in [-0.3, -0.25) is 4.79 Å². The van der Waals surface area contributed by atoms with Crippen molar-refractivity contribution in [1.29, 1.82) is 0 Å². The molecule has 1 aromatic carbocycles. The van der Waals surface area contributed by atoms with Crippen LogP contribution < -0.4 is 11.1 Å². The topological polar surface area (TPSA) is 85.8 Å². The van der Waals surface area contributed by atoms with E-state index in [4.69, 9.17) is 17.3 Å². The van der Waals surface area contributed by atoms with Crippen molar-refractivity contribution >= 4 is 23.3 Å². The Morgan fingerprint density at radius 1 is 1.30 bits per heavy atom. The highest BCUT2D eigenvalue weighted by Gasteiger charge is 2.07. The normalized spacial score (nSPS) is 10.5. The Kier molecular flexibility index (Phi) is 4.25. The average Bonchev–Trinajstić information content (AvgIpc) is 3.08. The molecule has 0 radical (unpaired) electrons. The summed E-state index contributed by atoms with van der Waals surface area (Å²) in [6, 6.07) is 9.53. The summed E-state index contributed by atoms with van der Waals surface area (Å²) >= 11 is 6.09. The predicted molar refractivity (Wildman–Crippen MR) is 88.7 cm³/mol. The number of nitrogens with two attached hydrogens (primary N) is 1. The largest absolute Gasteiger partial charge is 0.366 e. The molecule has 3 rings (SSSR count). The Bertz CT molecular complexity index is 815. The van der Waals surface area contributed by atoms with Crippen molar-refractivity contribution in [2.24, 2.45) is 5.73 Å². The van der Waals surface area contributed by atoms with Gasteiger partial charge in [0.05, 0.1) is 16.9 Å². The smallest absolute Gasteiger partial charge is 0.250 e. The number of pyridine rings is 1. The monoisotopic (exact) mass is 327 g/mol. The number of nitrogens with zero attached hydrogens (tertiary/aromatic N) is 3. The van der Waals surface area contributed by atoms with Crippen molar-refractivity contribution in [3.8, 4) is 5.69 Å². The van der Waals surface area contributed by atoms with E-state index in [1.54, 1.807) is 12.5 Å². The van der Waals surface area contributed by atoms with E-state index < -0.39 is 5.91 Å². The fourth-order valence-corrected chi connectivity index (χ4v) is 2.32. The molecule has 7 heteroatoms.